The zero-order valence-electron chi connectivity index (χ0n) is 18.9. The number of anilines is 1. The summed E-state index contributed by atoms with van der Waals surface area (Å²) < 4.78 is 0.901. The van der Waals surface area contributed by atoms with Crippen molar-refractivity contribution in [2.45, 2.75) is 50.5 Å². The topological polar surface area (TPSA) is 110 Å². The normalized spacial score (nSPS) is 18.9. The van der Waals surface area contributed by atoms with Crippen molar-refractivity contribution in [3.05, 3.63) is 64.1 Å². The van der Waals surface area contributed by atoms with Crippen LogP contribution in [0.3, 0.4) is 0 Å². The van der Waals surface area contributed by atoms with E-state index in [0.29, 0.717) is 32.4 Å². The molecule has 1 saturated heterocycles. The number of fused-ring (bicyclic) bond motifs is 1. The number of nitrogens with zero attached hydrogens (tertiary/aromatic N) is 2. The van der Waals surface area contributed by atoms with Crippen molar-refractivity contribution in [2.24, 2.45) is 0 Å². The summed E-state index contributed by atoms with van der Waals surface area (Å²) in [6, 6.07) is 14.6. The largest absolute Gasteiger partial charge is 0.380 e. The van der Waals surface area contributed by atoms with Gasteiger partial charge in [0.2, 0.25) is 5.91 Å². The molecular formula is C25H28BrN3O5. The number of halogens is 1. The van der Waals surface area contributed by atoms with Gasteiger partial charge in [-0.25, -0.2) is 0 Å². The van der Waals surface area contributed by atoms with E-state index in [1.54, 1.807) is 6.92 Å². The lowest BCUT2D eigenvalue weighted by Crippen LogP contribution is -2.54. The fourth-order valence-electron chi connectivity index (χ4n) is 4.62. The van der Waals surface area contributed by atoms with Gasteiger partial charge in [0, 0.05) is 29.3 Å². The molecule has 2 aromatic rings. The molecule has 9 heteroatoms. The second-order valence-electron chi connectivity index (χ2n) is 8.80. The molecule has 0 radical (unpaired) electrons. The highest BCUT2D eigenvalue weighted by atomic mass is 79.9. The number of carbonyl (C=O) groups is 3. The van der Waals surface area contributed by atoms with Gasteiger partial charge in [0.05, 0.1) is 12.5 Å². The molecule has 3 amide bonds. The molecule has 3 atom stereocenters. The monoisotopic (exact) mass is 529 g/mol. The minimum Gasteiger partial charge on any atom is -0.380 e. The first-order valence-electron chi connectivity index (χ1n) is 11.4. The van der Waals surface area contributed by atoms with Crippen molar-refractivity contribution < 1.29 is 24.6 Å². The van der Waals surface area contributed by atoms with Gasteiger partial charge in [-0.2, -0.15) is 0 Å². The molecule has 0 saturated carbocycles. The van der Waals surface area contributed by atoms with E-state index in [-0.39, 0.29) is 11.9 Å². The van der Waals surface area contributed by atoms with E-state index in [1.807, 2.05) is 53.4 Å². The molecule has 0 aliphatic carbocycles. The summed E-state index contributed by atoms with van der Waals surface area (Å²) in [6.45, 7) is 2.41. The Bertz CT molecular complexity index is 1070. The molecule has 2 heterocycles. The number of likely N-dealkylation sites (tertiary alicyclic amines) is 1. The van der Waals surface area contributed by atoms with Crippen LogP contribution >= 0.6 is 15.9 Å². The summed E-state index contributed by atoms with van der Waals surface area (Å²) in [5.74, 6) is -1.45. The summed E-state index contributed by atoms with van der Waals surface area (Å²) >= 11 is 3.35. The lowest BCUT2D eigenvalue weighted by atomic mass is 10.0. The molecule has 2 aliphatic rings. The fraction of sp³-hybridized carbons (Fsp3) is 0.400. The third-order valence-corrected chi connectivity index (χ3v) is 7.08. The summed E-state index contributed by atoms with van der Waals surface area (Å²) in [5.41, 5.74) is 2.75. The number of hydrogen-bond acceptors (Lipinski definition) is 5. The first-order chi connectivity index (χ1) is 16.3. The summed E-state index contributed by atoms with van der Waals surface area (Å²) in [5, 5.41) is 23.4. The van der Waals surface area contributed by atoms with Crippen molar-refractivity contribution in [1.82, 2.24) is 10.2 Å². The summed E-state index contributed by atoms with van der Waals surface area (Å²) in [4.78, 5) is 41.1. The van der Waals surface area contributed by atoms with Crippen LogP contribution in [0.5, 0.6) is 0 Å². The Hall–Kier alpha value is -2.75. The van der Waals surface area contributed by atoms with E-state index < -0.39 is 30.1 Å². The number of piperidine rings is 1. The number of hydrogen-bond donors (Lipinski definition) is 3. The van der Waals surface area contributed by atoms with Crippen molar-refractivity contribution in [3.63, 3.8) is 0 Å². The molecule has 34 heavy (non-hydrogen) atoms. The second kappa shape index (κ2) is 10.2. The average Bonchev–Trinajstić information content (AvgIpc) is 3.18. The van der Waals surface area contributed by atoms with Gasteiger partial charge in [0.25, 0.3) is 11.8 Å². The van der Waals surface area contributed by atoms with Crippen molar-refractivity contribution in [3.8, 4) is 0 Å². The van der Waals surface area contributed by atoms with E-state index >= 15 is 0 Å². The van der Waals surface area contributed by atoms with Gasteiger partial charge in [-0.05, 0) is 49.1 Å². The molecule has 2 aliphatic heterocycles. The molecule has 0 aromatic heterocycles. The Morgan fingerprint density at radius 1 is 1.03 bits per heavy atom. The fourth-order valence-corrected chi connectivity index (χ4v) is 4.89. The average molecular weight is 530 g/mol. The van der Waals surface area contributed by atoms with Gasteiger partial charge in [-0.1, -0.05) is 46.3 Å². The Kier molecular flexibility index (Phi) is 7.35. The van der Waals surface area contributed by atoms with Crippen molar-refractivity contribution in [2.75, 3.05) is 18.0 Å². The van der Waals surface area contributed by atoms with Gasteiger partial charge < -0.3 is 25.3 Å². The van der Waals surface area contributed by atoms with Gasteiger partial charge in [-0.3, -0.25) is 14.4 Å². The maximum atomic E-state index is 12.8. The molecule has 0 bridgehead atoms. The number of para-hydroxylation sites is 1. The van der Waals surface area contributed by atoms with Crippen LogP contribution in [0.1, 0.15) is 36.9 Å². The van der Waals surface area contributed by atoms with Crippen LogP contribution in [0.25, 0.3) is 0 Å². The van der Waals surface area contributed by atoms with E-state index in [0.717, 1.165) is 21.3 Å². The maximum absolute atomic E-state index is 12.8. The molecule has 0 spiro atoms. The van der Waals surface area contributed by atoms with Crippen LogP contribution in [-0.2, 0) is 20.8 Å². The lowest BCUT2D eigenvalue weighted by Gasteiger charge is -2.38. The highest BCUT2D eigenvalue weighted by Crippen LogP contribution is 2.33. The lowest BCUT2D eigenvalue weighted by molar-refractivity contribution is -0.154. The van der Waals surface area contributed by atoms with Crippen LogP contribution in [0.4, 0.5) is 5.69 Å². The van der Waals surface area contributed by atoms with E-state index in [2.05, 4.69) is 21.2 Å². The maximum Gasteiger partial charge on any atom is 0.254 e. The van der Waals surface area contributed by atoms with Gasteiger partial charge in [0.15, 0.2) is 12.2 Å². The predicted molar refractivity (Wildman–Crippen MR) is 130 cm³/mol. The van der Waals surface area contributed by atoms with Crippen molar-refractivity contribution in [1.29, 1.82) is 0 Å². The Morgan fingerprint density at radius 3 is 2.35 bits per heavy atom. The third-order valence-electron chi connectivity index (χ3n) is 6.55. The Balaban J connectivity index is 1.31. The highest BCUT2D eigenvalue weighted by Gasteiger charge is 2.38. The number of aliphatic hydroxyl groups is 2. The quantitative estimate of drug-likeness (QED) is 0.529. The Morgan fingerprint density at radius 2 is 1.68 bits per heavy atom. The smallest absolute Gasteiger partial charge is 0.254 e. The van der Waals surface area contributed by atoms with Gasteiger partial charge in [0.1, 0.15) is 0 Å². The number of rotatable bonds is 6. The van der Waals surface area contributed by atoms with Gasteiger partial charge in [-0.15, -0.1) is 0 Å². The first-order valence-corrected chi connectivity index (χ1v) is 12.2. The second-order valence-corrected chi connectivity index (χ2v) is 9.71. The van der Waals surface area contributed by atoms with Crippen LogP contribution in [0.15, 0.2) is 53.0 Å². The van der Waals surface area contributed by atoms with Crippen LogP contribution in [0.2, 0.25) is 0 Å². The third kappa shape index (κ3) is 5.01. The van der Waals surface area contributed by atoms with E-state index in [1.165, 1.54) is 4.90 Å². The Labute approximate surface area is 206 Å². The van der Waals surface area contributed by atoms with Crippen LogP contribution in [-0.4, -0.2) is 64.2 Å². The molecule has 3 N–H and O–H groups in total. The zero-order valence-corrected chi connectivity index (χ0v) is 20.4. The van der Waals surface area contributed by atoms with E-state index in [9.17, 15) is 24.6 Å². The SMILES string of the molecule is CC(NC(=O)C(O)C(O)C(=O)N1CCC(N2C(=O)Cc3ccccc32)CC1)c1ccc(Br)cc1. The zero-order chi connectivity index (χ0) is 24.4. The highest BCUT2D eigenvalue weighted by molar-refractivity contribution is 9.10. The molecule has 3 unspecified atom stereocenters. The minimum atomic E-state index is -1.88. The van der Waals surface area contributed by atoms with Crippen LogP contribution in [0, 0.1) is 0 Å². The molecule has 8 nitrogen and oxygen atoms in total. The number of benzene rings is 2. The summed E-state index contributed by atoms with van der Waals surface area (Å²) in [7, 11) is 0. The minimum absolute atomic E-state index is 0.0303. The first kappa shape index (κ1) is 24.4. The molecule has 180 valence electrons. The summed E-state index contributed by atoms with van der Waals surface area (Å²) in [6.07, 6.45) is -2.24. The number of amides is 3. The van der Waals surface area contributed by atoms with Crippen molar-refractivity contribution >= 4 is 39.3 Å². The number of aliphatic hydroxyl groups excluding tert-OH is 2. The number of nitrogens with one attached hydrogen (secondary N) is 1. The van der Waals surface area contributed by atoms with E-state index in [4.69, 9.17) is 0 Å². The predicted octanol–water partition coefficient (Wildman–Crippen LogP) is 1.93. The molecule has 4 rings (SSSR count). The van der Waals surface area contributed by atoms with Crippen LogP contribution < -0.4 is 10.2 Å². The standard InChI is InChI=1S/C25H28BrN3O5/c1-15(16-6-8-18(26)9-7-16)27-24(33)22(31)23(32)25(34)28-12-10-19(11-13-28)29-20-5-3-2-4-17(20)14-21(29)30/h2-9,15,19,22-23,31-32H,10-14H2,1H3,(H,27,33). The van der Waals surface area contributed by atoms with Gasteiger partial charge >= 0.3 is 0 Å². The molecule has 1 fully saturated rings. The molecule has 2 aromatic carbocycles. The molecular weight excluding hydrogens is 502 g/mol. The number of carbonyl (C=O) groups excluding carboxylic acids is 3.